The quantitative estimate of drug-likeness (QED) is 0.0628. The first-order valence-corrected chi connectivity index (χ1v) is 25.2. The monoisotopic (exact) mass is 1030 g/mol. The second-order valence-corrected chi connectivity index (χ2v) is 19.6. The third-order valence-corrected chi connectivity index (χ3v) is 14.4. The zero-order valence-corrected chi connectivity index (χ0v) is 43.4. The van der Waals surface area contributed by atoms with Gasteiger partial charge in [0.1, 0.15) is 22.4 Å². The Bertz CT molecular complexity index is 3240. The van der Waals surface area contributed by atoms with E-state index in [1.54, 1.807) is 24.3 Å². The molecule has 0 saturated heterocycles. The van der Waals surface area contributed by atoms with Gasteiger partial charge in [0, 0.05) is 88.2 Å². The second-order valence-electron chi connectivity index (χ2n) is 17.2. The maximum atomic E-state index is 12.7. The molecule has 0 spiro atoms. The van der Waals surface area contributed by atoms with Crippen LogP contribution in [0.15, 0.2) is 166 Å². The number of anilines is 6. The number of halogens is 1. The minimum atomic E-state index is -0.157. The van der Waals surface area contributed by atoms with E-state index in [2.05, 4.69) is 50.9 Å². The summed E-state index contributed by atoms with van der Waals surface area (Å²) in [5.41, 5.74) is 8.12. The van der Waals surface area contributed by atoms with Crippen molar-refractivity contribution in [1.29, 1.82) is 0 Å². The van der Waals surface area contributed by atoms with Crippen LogP contribution in [0.25, 0.3) is 20.4 Å². The molecule has 0 fully saturated rings. The fraction of sp³-hybridized carbons (Fsp3) is 0.189. The molecule has 0 atom stereocenters. The molecule has 9 aromatic rings. The van der Waals surface area contributed by atoms with Crippen molar-refractivity contribution in [1.82, 2.24) is 15.0 Å². The molecule has 6 aromatic carbocycles. The number of nitrogens with one attached hydrogen (secondary N) is 2. The van der Waals surface area contributed by atoms with Crippen LogP contribution in [0.2, 0.25) is 5.28 Å². The highest BCUT2D eigenvalue weighted by molar-refractivity contribution is 7.21. The number of hydrogen-bond donors (Lipinski definition) is 2. The average Bonchev–Trinajstić information content (AvgIpc) is 3.91. The van der Waals surface area contributed by atoms with E-state index in [-0.39, 0.29) is 17.1 Å². The molecule has 2 N–H and O–H groups in total. The van der Waals surface area contributed by atoms with Gasteiger partial charge in [0.25, 0.3) is 11.8 Å². The fourth-order valence-electron chi connectivity index (χ4n) is 7.68. The van der Waals surface area contributed by atoms with Crippen LogP contribution in [-0.4, -0.2) is 81.1 Å². The van der Waals surface area contributed by atoms with Crippen LogP contribution in [-0.2, 0) is 14.1 Å². The third-order valence-electron chi connectivity index (χ3n) is 12.1. The number of hydrogen-bond acceptors (Lipinski definition) is 15. The molecular formula is C53H52ClN15O2S2+2. The van der Waals surface area contributed by atoms with Gasteiger partial charge in [-0.05, 0) is 154 Å². The Morgan fingerprint density at radius 2 is 0.890 bits per heavy atom. The van der Waals surface area contributed by atoms with Crippen molar-refractivity contribution in [2.24, 2.45) is 34.6 Å². The molecule has 20 heteroatoms. The van der Waals surface area contributed by atoms with Gasteiger partial charge in [-0.3, -0.25) is 9.59 Å². The number of fused-ring (bicyclic) bond motifs is 2. The number of amides is 2. The number of nitrogens with zero attached hydrogens (tertiary/aromatic N) is 13. The van der Waals surface area contributed by atoms with Crippen molar-refractivity contribution < 1.29 is 18.7 Å². The highest BCUT2D eigenvalue weighted by Gasteiger charge is 2.20. The Morgan fingerprint density at radius 1 is 0.507 bits per heavy atom. The topological polar surface area (TPSA) is 167 Å². The standard InChI is InChI=1S/C53H50ClN15O2S2/c1-64(41-23-17-37(18-24-41)60-62-52-68(5)43-27-21-39(33-45(43)72-52)55-47(70)35-13-9-7-10-14-35)29-31-66(3)50-57-49(54)58-51(59-50)67(4)32-30-65(2)42-25-19-38(20-26-42)61-63-53-69(6)44-28-22-40(34-46(44)73-53)56-48(71)36-15-11-8-12-16-36/h7-28,33-34H,29-32H2,1-6H3/p+2. The van der Waals surface area contributed by atoms with Gasteiger partial charge in [0.2, 0.25) is 17.2 Å². The van der Waals surface area contributed by atoms with Crippen molar-refractivity contribution in [2.45, 2.75) is 0 Å². The number of azo groups is 2. The van der Waals surface area contributed by atoms with E-state index in [1.165, 1.54) is 22.7 Å². The first-order valence-electron chi connectivity index (χ1n) is 23.2. The number of rotatable bonds is 18. The summed E-state index contributed by atoms with van der Waals surface area (Å²) in [5.74, 6) is 0.645. The lowest BCUT2D eigenvalue weighted by Crippen LogP contribution is -2.33. The van der Waals surface area contributed by atoms with Gasteiger partial charge in [-0.2, -0.15) is 15.0 Å². The molecule has 0 bridgehead atoms. The molecule has 73 heavy (non-hydrogen) atoms. The molecular weight excluding hydrogens is 978 g/mol. The number of aromatic nitrogens is 5. The normalized spacial score (nSPS) is 11.4. The van der Waals surface area contributed by atoms with Gasteiger partial charge >= 0.3 is 10.3 Å². The minimum absolute atomic E-state index is 0.123. The van der Waals surface area contributed by atoms with E-state index in [0.717, 1.165) is 53.4 Å². The Hall–Kier alpha value is -8.26. The van der Waals surface area contributed by atoms with Crippen molar-refractivity contribution in [3.8, 4) is 0 Å². The van der Waals surface area contributed by atoms with E-state index in [0.29, 0.717) is 60.6 Å². The van der Waals surface area contributed by atoms with Crippen molar-refractivity contribution in [3.63, 3.8) is 0 Å². The summed E-state index contributed by atoms with van der Waals surface area (Å²) in [6.07, 6.45) is 0. The van der Waals surface area contributed by atoms with Gasteiger partial charge in [-0.15, -0.1) is 0 Å². The lowest BCUT2D eigenvalue weighted by Gasteiger charge is -2.26. The highest BCUT2D eigenvalue weighted by Crippen LogP contribution is 2.32. The molecule has 2 amide bonds. The van der Waals surface area contributed by atoms with E-state index in [9.17, 15) is 9.59 Å². The van der Waals surface area contributed by atoms with Gasteiger partial charge < -0.3 is 30.2 Å². The van der Waals surface area contributed by atoms with Crippen molar-refractivity contribution in [3.05, 3.63) is 162 Å². The number of thiazole rings is 2. The van der Waals surface area contributed by atoms with E-state index >= 15 is 0 Å². The summed E-state index contributed by atoms with van der Waals surface area (Å²) >= 11 is 9.47. The van der Waals surface area contributed by atoms with Crippen LogP contribution < -0.4 is 39.4 Å². The summed E-state index contributed by atoms with van der Waals surface area (Å²) < 4.78 is 5.95. The van der Waals surface area contributed by atoms with E-state index in [1.807, 2.05) is 183 Å². The van der Waals surface area contributed by atoms with Crippen LogP contribution in [0.5, 0.6) is 0 Å². The van der Waals surface area contributed by atoms with Crippen LogP contribution >= 0.6 is 34.3 Å². The summed E-state index contributed by atoms with van der Waals surface area (Å²) in [6.45, 7) is 2.62. The van der Waals surface area contributed by atoms with Crippen LogP contribution in [0.4, 0.5) is 56.3 Å². The number of aryl methyl sites for hydroxylation is 2. The second kappa shape index (κ2) is 22.4. The first kappa shape index (κ1) is 49.7. The molecule has 0 aliphatic carbocycles. The predicted octanol–water partition coefficient (Wildman–Crippen LogP) is 11.1. The van der Waals surface area contributed by atoms with E-state index in [4.69, 9.17) is 16.6 Å². The maximum Gasteiger partial charge on any atom is 0.409 e. The molecule has 3 heterocycles. The molecule has 3 aromatic heterocycles. The van der Waals surface area contributed by atoms with E-state index < -0.39 is 0 Å². The van der Waals surface area contributed by atoms with Crippen molar-refractivity contribution in [2.75, 3.05) is 84.6 Å². The van der Waals surface area contributed by atoms with Crippen LogP contribution in [0, 0.1) is 0 Å². The molecule has 0 aliphatic heterocycles. The number of carbonyl (C=O) groups excluding carboxylic acids is 2. The molecule has 0 radical (unpaired) electrons. The average molecular weight is 1030 g/mol. The number of benzene rings is 6. The lowest BCUT2D eigenvalue weighted by atomic mass is 10.2. The largest absolute Gasteiger partial charge is 0.409 e. The Balaban J connectivity index is 0.741. The Labute approximate surface area is 435 Å². The van der Waals surface area contributed by atoms with Crippen LogP contribution in [0.1, 0.15) is 20.7 Å². The molecule has 0 saturated carbocycles. The lowest BCUT2D eigenvalue weighted by molar-refractivity contribution is -0.628. The van der Waals surface area contributed by atoms with Gasteiger partial charge in [0.15, 0.2) is 0 Å². The zero-order chi connectivity index (χ0) is 51.0. The minimum Gasteiger partial charge on any atom is -0.373 e. The van der Waals surface area contributed by atoms with Crippen LogP contribution in [0.3, 0.4) is 0 Å². The molecule has 17 nitrogen and oxygen atoms in total. The van der Waals surface area contributed by atoms with Gasteiger partial charge in [0.05, 0.1) is 33.7 Å². The summed E-state index contributed by atoms with van der Waals surface area (Å²) in [6, 6.07) is 45.8. The first-order chi connectivity index (χ1) is 35.3. The number of carbonyl (C=O) groups is 2. The maximum absolute atomic E-state index is 12.7. The Kier molecular flexibility index (Phi) is 15.3. The highest BCUT2D eigenvalue weighted by atomic mass is 35.5. The zero-order valence-electron chi connectivity index (χ0n) is 41.0. The molecule has 9 rings (SSSR count). The smallest absolute Gasteiger partial charge is 0.373 e. The number of likely N-dealkylation sites (N-methyl/N-ethyl adjacent to an activating group) is 4. The summed E-state index contributed by atoms with van der Waals surface area (Å²) in [7, 11) is 11.9. The third kappa shape index (κ3) is 12.1. The SMILES string of the molecule is CN(CCN(C)c1nc(Cl)nc(N(C)CCN(C)c2ccc(N=Nc3sc4cc(NC(=O)c5ccccc5)ccc4[n+]3C)cc2)n1)c1ccc(N=Nc2sc3cc(NC(=O)c4ccccc4)ccc3[n+]2C)cc1. The van der Waals surface area contributed by atoms with Crippen molar-refractivity contribution >= 4 is 123 Å². The summed E-state index contributed by atoms with van der Waals surface area (Å²) in [4.78, 5) is 47.3. The molecule has 368 valence electrons. The van der Waals surface area contributed by atoms with Gasteiger partial charge in [-0.25, -0.2) is 9.13 Å². The Morgan fingerprint density at radius 3 is 1.29 bits per heavy atom. The predicted molar refractivity (Wildman–Crippen MR) is 294 cm³/mol. The molecule has 0 unspecified atom stereocenters. The molecule has 0 aliphatic rings. The fourth-order valence-corrected chi connectivity index (χ4v) is 9.85. The van der Waals surface area contributed by atoms with Gasteiger partial charge in [-0.1, -0.05) is 36.4 Å². The summed E-state index contributed by atoms with van der Waals surface area (Å²) in [5, 5.41) is 25.7.